The van der Waals surface area contributed by atoms with Crippen LogP contribution in [-0.2, 0) is 6.42 Å². The number of Topliss-reactive ketones (excluding diaryl/α,β-unsaturated/α-hetero) is 1. The Morgan fingerprint density at radius 2 is 1.97 bits per heavy atom. The fourth-order valence-electron chi connectivity index (χ4n) is 3.94. The van der Waals surface area contributed by atoms with Crippen molar-refractivity contribution in [1.29, 1.82) is 0 Å². The van der Waals surface area contributed by atoms with E-state index in [0.717, 1.165) is 6.07 Å². The molecule has 0 aliphatic carbocycles. The molecule has 4 nitrogen and oxygen atoms in total. The maximum atomic E-state index is 12.9. The Morgan fingerprint density at radius 1 is 1.26 bits per heavy atom. The summed E-state index contributed by atoms with van der Waals surface area (Å²) < 4.78 is 50.0. The van der Waals surface area contributed by atoms with Crippen LogP contribution in [0.3, 0.4) is 0 Å². The molecule has 166 valence electrons. The SMILES string of the molecule is C/C=C/C(C)/C=C\c1c2c(c3oc(=O)cc(CCC(F)(F)F)c3c1C)C(=O)CC(C)O2. The van der Waals surface area contributed by atoms with Gasteiger partial charge in [0.2, 0.25) is 0 Å². The lowest BCUT2D eigenvalue weighted by Gasteiger charge is -2.26. The molecule has 2 atom stereocenters. The number of carbonyl (C=O) groups is 1. The molecule has 0 amide bonds. The second kappa shape index (κ2) is 8.73. The number of benzene rings is 1. The van der Waals surface area contributed by atoms with Crippen LogP contribution in [-0.4, -0.2) is 18.1 Å². The molecule has 7 heteroatoms. The first-order valence-corrected chi connectivity index (χ1v) is 10.2. The third-order valence-corrected chi connectivity index (χ3v) is 5.33. The summed E-state index contributed by atoms with van der Waals surface area (Å²) in [6.07, 6.45) is 1.56. The maximum absolute atomic E-state index is 12.9. The molecule has 3 rings (SSSR count). The highest BCUT2D eigenvalue weighted by Gasteiger charge is 2.33. The van der Waals surface area contributed by atoms with Crippen LogP contribution in [0.1, 0.15) is 60.7 Å². The van der Waals surface area contributed by atoms with Crippen LogP contribution in [0.25, 0.3) is 17.0 Å². The first-order valence-electron chi connectivity index (χ1n) is 10.2. The van der Waals surface area contributed by atoms with Crippen molar-refractivity contribution in [1.82, 2.24) is 0 Å². The Morgan fingerprint density at radius 3 is 2.61 bits per heavy atom. The zero-order chi connectivity index (χ0) is 22.9. The van der Waals surface area contributed by atoms with Crippen molar-refractivity contribution in [3.8, 4) is 5.75 Å². The van der Waals surface area contributed by atoms with Crippen LogP contribution in [0.15, 0.2) is 33.5 Å². The molecule has 2 unspecified atom stereocenters. The van der Waals surface area contributed by atoms with Crippen LogP contribution in [0.5, 0.6) is 5.75 Å². The third kappa shape index (κ3) is 4.92. The Hall–Kier alpha value is -2.83. The lowest BCUT2D eigenvalue weighted by Crippen LogP contribution is -2.25. The van der Waals surface area contributed by atoms with Gasteiger partial charge in [-0.3, -0.25) is 4.79 Å². The molecule has 2 heterocycles. The minimum atomic E-state index is -4.37. The van der Waals surface area contributed by atoms with Gasteiger partial charge in [-0.1, -0.05) is 31.2 Å². The number of alkyl halides is 3. The van der Waals surface area contributed by atoms with E-state index in [9.17, 15) is 22.8 Å². The van der Waals surface area contributed by atoms with Gasteiger partial charge in [-0.05, 0) is 44.2 Å². The van der Waals surface area contributed by atoms with Gasteiger partial charge in [0, 0.05) is 29.9 Å². The molecule has 31 heavy (non-hydrogen) atoms. The summed E-state index contributed by atoms with van der Waals surface area (Å²) >= 11 is 0. The first kappa shape index (κ1) is 22.8. The summed E-state index contributed by atoms with van der Waals surface area (Å²) in [5.74, 6) is 0.158. The molecule has 0 radical (unpaired) electrons. The fraction of sp³-hybridized carbons (Fsp3) is 0.417. The summed E-state index contributed by atoms with van der Waals surface area (Å²) in [6, 6.07) is 1.08. The topological polar surface area (TPSA) is 56.5 Å². The van der Waals surface area contributed by atoms with E-state index in [4.69, 9.17) is 9.15 Å². The van der Waals surface area contributed by atoms with Gasteiger partial charge in [0.15, 0.2) is 11.4 Å². The molecule has 1 aromatic heterocycles. The first-order chi connectivity index (χ1) is 14.5. The van der Waals surface area contributed by atoms with Crippen molar-refractivity contribution in [2.75, 3.05) is 0 Å². The lowest BCUT2D eigenvalue weighted by molar-refractivity contribution is -0.133. The molecule has 0 saturated heterocycles. The number of aryl methyl sites for hydroxylation is 2. The number of ether oxygens (including phenoxy) is 1. The monoisotopic (exact) mass is 434 g/mol. The molecule has 0 saturated carbocycles. The zero-order valence-electron chi connectivity index (χ0n) is 17.9. The Bertz CT molecular complexity index is 1120. The van der Waals surface area contributed by atoms with Gasteiger partial charge in [-0.15, -0.1) is 0 Å². The molecule has 0 bridgehead atoms. The van der Waals surface area contributed by atoms with Crippen molar-refractivity contribution in [2.45, 2.75) is 59.2 Å². The molecule has 1 aromatic carbocycles. The second-order valence-corrected chi connectivity index (χ2v) is 7.95. The molecule has 0 spiro atoms. The normalized spacial score (nSPS) is 18.0. The fourth-order valence-corrected chi connectivity index (χ4v) is 3.94. The molecule has 0 fully saturated rings. The zero-order valence-corrected chi connectivity index (χ0v) is 17.9. The van der Waals surface area contributed by atoms with Gasteiger partial charge in [0.1, 0.15) is 17.4 Å². The smallest absolute Gasteiger partial charge is 0.389 e. The molecule has 0 N–H and O–H groups in total. The predicted molar refractivity (Wildman–Crippen MR) is 114 cm³/mol. The largest absolute Gasteiger partial charge is 0.489 e. The molecule has 2 aromatic rings. The van der Waals surface area contributed by atoms with Gasteiger partial charge in [-0.25, -0.2) is 4.79 Å². The number of fused-ring (bicyclic) bond motifs is 3. The average molecular weight is 434 g/mol. The summed E-state index contributed by atoms with van der Waals surface area (Å²) in [6.45, 7) is 7.41. The minimum Gasteiger partial charge on any atom is -0.489 e. The second-order valence-electron chi connectivity index (χ2n) is 7.95. The van der Waals surface area contributed by atoms with Crippen LogP contribution in [0.2, 0.25) is 0 Å². The van der Waals surface area contributed by atoms with E-state index >= 15 is 0 Å². The average Bonchev–Trinajstić information content (AvgIpc) is 2.64. The number of allylic oxidation sites excluding steroid dienone is 3. The van der Waals surface area contributed by atoms with Crippen molar-refractivity contribution < 1.29 is 27.1 Å². The third-order valence-electron chi connectivity index (χ3n) is 5.33. The number of halogens is 3. The summed E-state index contributed by atoms with van der Waals surface area (Å²) in [5.41, 5.74) is 0.784. The van der Waals surface area contributed by atoms with E-state index in [0.29, 0.717) is 22.3 Å². The summed E-state index contributed by atoms with van der Waals surface area (Å²) in [4.78, 5) is 25.0. The Labute approximate surface area is 178 Å². The van der Waals surface area contributed by atoms with Crippen LogP contribution in [0, 0.1) is 12.8 Å². The van der Waals surface area contributed by atoms with E-state index in [2.05, 4.69) is 0 Å². The van der Waals surface area contributed by atoms with Crippen molar-refractivity contribution in [3.63, 3.8) is 0 Å². The van der Waals surface area contributed by atoms with E-state index in [1.807, 2.05) is 38.2 Å². The van der Waals surface area contributed by atoms with Crippen LogP contribution < -0.4 is 10.4 Å². The predicted octanol–water partition coefficient (Wildman–Crippen LogP) is 6.18. The van der Waals surface area contributed by atoms with Gasteiger partial charge in [0.05, 0.1) is 0 Å². The number of carbonyl (C=O) groups excluding carboxylic acids is 1. The highest BCUT2D eigenvalue weighted by Crippen LogP contribution is 2.42. The van der Waals surface area contributed by atoms with E-state index in [1.54, 1.807) is 13.8 Å². The summed E-state index contributed by atoms with van der Waals surface area (Å²) in [7, 11) is 0. The highest BCUT2D eigenvalue weighted by molar-refractivity contribution is 6.12. The Kier molecular flexibility index (Phi) is 6.43. The number of rotatable bonds is 5. The van der Waals surface area contributed by atoms with Gasteiger partial charge in [-0.2, -0.15) is 13.2 Å². The molecular formula is C24H25F3O4. The van der Waals surface area contributed by atoms with E-state index in [1.165, 1.54) is 0 Å². The molecule has 1 aliphatic heterocycles. The van der Waals surface area contributed by atoms with Crippen LogP contribution in [0.4, 0.5) is 13.2 Å². The van der Waals surface area contributed by atoms with Crippen molar-refractivity contribution >= 4 is 22.8 Å². The highest BCUT2D eigenvalue weighted by atomic mass is 19.4. The number of hydrogen-bond acceptors (Lipinski definition) is 4. The number of ketones is 1. The van der Waals surface area contributed by atoms with Crippen LogP contribution >= 0.6 is 0 Å². The standard InChI is InChI=1S/C24H25F3O4/c1-5-6-13(2)7-8-17-15(4)20-16(9-10-24(25,26)27)12-19(29)31-23(20)21-18(28)11-14(3)30-22(17)21/h5-8,12-14H,9-11H2,1-4H3/b6-5+,8-7-. The maximum Gasteiger partial charge on any atom is 0.389 e. The van der Waals surface area contributed by atoms with Crippen molar-refractivity contribution in [3.05, 3.63) is 57.0 Å². The molecule has 1 aliphatic rings. The number of hydrogen-bond donors (Lipinski definition) is 0. The quantitative estimate of drug-likeness (QED) is 0.417. The minimum absolute atomic E-state index is 0.00715. The van der Waals surface area contributed by atoms with E-state index in [-0.39, 0.29) is 47.4 Å². The van der Waals surface area contributed by atoms with Gasteiger partial charge >= 0.3 is 11.8 Å². The van der Waals surface area contributed by atoms with E-state index < -0.39 is 18.2 Å². The van der Waals surface area contributed by atoms with Gasteiger partial charge < -0.3 is 9.15 Å². The van der Waals surface area contributed by atoms with Gasteiger partial charge in [0.25, 0.3) is 0 Å². The lowest BCUT2D eigenvalue weighted by atomic mass is 9.89. The Balaban J connectivity index is 2.33. The summed E-state index contributed by atoms with van der Waals surface area (Å²) in [5, 5.41) is 0.368. The molecular weight excluding hydrogens is 409 g/mol. The van der Waals surface area contributed by atoms with Crippen molar-refractivity contribution in [2.24, 2.45) is 5.92 Å².